The lowest BCUT2D eigenvalue weighted by molar-refractivity contribution is -0.121. The van der Waals surface area contributed by atoms with E-state index in [1.807, 2.05) is 29.9 Å². The van der Waals surface area contributed by atoms with Crippen LogP contribution in [0.2, 0.25) is 0 Å². The molecule has 0 aliphatic rings. The molecule has 1 aromatic rings. The molecule has 1 amide bonds. The highest BCUT2D eigenvalue weighted by molar-refractivity contribution is 5.75. The van der Waals surface area contributed by atoms with Crippen LogP contribution in [0.4, 0.5) is 0 Å². The summed E-state index contributed by atoms with van der Waals surface area (Å²) in [5.41, 5.74) is 6.82. The quantitative estimate of drug-likeness (QED) is 0.776. The van der Waals surface area contributed by atoms with E-state index in [1.54, 1.807) is 0 Å². The number of hydrogen-bond acceptors (Lipinski definition) is 2. The van der Waals surface area contributed by atoms with Crippen LogP contribution in [0.15, 0.2) is 18.3 Å². The Bertz CT molecular complexity index is 382. The lowest BCUT2D eigenvalue weighted by Gasteiger charge is -2.23. The molecule has 0 unspecified atom stereocenters. The van der Waals surface area contributed by atoms with Crippen LogP contribution in [0.1, 0.15) is 38.8 Å². The normalized spacial score (nSPS) is 11.6. The molecule has 0 saturated carbocycles. The van der Waals surface area contributed by atoms with Gasteiger partial charge >= 0.3 is 0 Å². The number of carbonyl (C=O) groups is 1. The largest absolute Gasteiger partial charge is 0.353 e. The Morgan fingerprint density at radius 2 is 2.17 bits per heavy atom. The highest BCUT2D eigenvalue weighted by Gasteiger charge is 2.18. The number of nitrogens with one attached hydrogen (secondary N) is 1. The predicted octanol–water partition coefficient (Wildman–Crippen LogP) is 1.80. The zero-order valence-electron chi connectivity index (χ0n) is 11.7. The maximum absolute atomic E-state index is 11.7. The maximum Gasteiger partial charge on any atom is 0.220 e. The molecule has 0 atom stereocenters. The summed E-state index contributed by atoms with van der Waals surface area (Å²) in [5.74, 6) is 0.112. The van der Waals surface area contributed by atoms with Crippen molar-refractivity contribution in [2.45, 2.75) is 39.7 Å². The molecule has 1 aromatic heterocycles. The van der Waals surface area contributed by atoms with Gasteiger partial charge in [-0.05, 0) is 36.9 Å². The number of nitrogens with zero attached hydrogens (tertiary/aromatic N) is 1. The van der Waals surface area contributed by atoms with Gasteiger partial charge in [0.15, 0.2) is 0 Å². The first-order valence-electron chi connectivity index (χ1n) is 6.51. The molecule has 4 nitrogen and oxygen atoms in total. The summed E-state index contributed by atoms with van der Waals surface area (Å²) >= 11 is 0. The van der Waals surface area contributed by atoms with E-state index in [1.165, 1.54) is 0 Å². The lowest BCUT2D eigenvalue weighted by atomic mass is 9.84. The molecule has 18 heavy (non-hydrogen) atoms. The summed E-state index contributed by atoms with van der Waals surface area (Å²) in [7, 11) is 1.98. The van der Waals surface area contributed by atoms with Gasteiger partial charge in [0, 0.05) is 25.4 Å². The molecule has 0 radical (unpaired) electrons. The van der Waals surface area contributed by atoms with Gasteiger partial charge in [-0.1, -0.05) is 13.8 Å². The Morgan fingerprint density at radius 1 is 1.44 bits per heavy atom. The van der Waals surface area contributed by atoms with Gasteiger partial charge in [-0.25, -0.2) is 0 Å². The Hall–Kier alpha value is -1.29. The molecule has 0 aliphatic heterocycles. The van der Waals surface area contributed by atoms with E-state index >= 15 is 0 Å². The van der Waals surface area contributed by atoms with Gasteiger partial charge in [-0.3, -0.25) is 4.79 Å². The maximum atomic E-state index is 11.7. The van der Waals surface area contributed by atoms with E-state index in [0.717, 1.165) is 18.5 Å². The van der Waals surface area contributed by atoms with Crippen molar-refractivity contribution < 1.29 is 4.79 Å². The first kappa shape index (κ1) is 14.8. The van der Waals surface area contributed by atoms with Crippen molar-refractivity contribution >= 4 is 5.91 Å². The van der Waals surface area contributed by atoms with E-state index in [9.17, 15) is 4.79 Å². The van der Waals surface area contributed by atoms with Crippen LogP contribution < -0.4 is 11.1 Å². The van der Waals surface area contributed by atoms with E-state index in [4.69, 9.17) is 5.73 Å². The first-order chi connectivity index (χ1) is 8.44. The molecule has 1 rings (SSSR count). The first-order valence-corrected chi connectivity index (χ1v) is 6.51. The summed E-state index contributed by atoms with van der Waals surface area (Å²) < 4.78 is 2.01. The average molecular weight is 251 g/mol. The number of carbonyl (C=O) groups excluding carboxylic acids is 1. The smallest absolute Gasteiger partial charge is 0.220 e. The third-order valence-corrected chi connectivity index (χ3v) is 3.37. The summed E-state index contributed by atoms with van der Waals surface area (Å²) in [5, 5.41) is 2.95. The van der Waals surface area contributed by atoms with Crippen molar-refractivity contribution in [1.29, 1.82) is 0 Å². The fourth-order valence-corrected chi connectivity index (χ4v) is 1.93. The van der Waals surface area contributed by atoms with Crippen molar-refractivity contribution in [2.75, 3.05) is 6.54 Å². The van der Waals surface area contributed by atoms with E-state index in [0.29, 0.717) is 19.5 Å². The van der Waals surface area contributed by atoms with E-state index in [2.05, 4.69) is 19.2 Å². The van der Waals surface area contributed by atoms with Crippen molar-refractivity contribution in [1.82, 2.24) is 9.88 Å². The molecule has 0 bridgehead atoms. The van der Waals surface area contributed by atoms with Gasteiger partial charge in [-0.2, -0.15) is 0 Å². The molecule has 0 spiro atoms. The molecule has 0 saturated heterocycles. The Kier molecular flexibility index (Phi) is 5.41. The summed E-state index contributed by atoms with van der Waals surface area (Å²) in [4.78, 5) is 11.7. The van der Waals surface area contributed by atoms with Gasteiger partial charge in [0.05, 0.1) is 6.54 Å². The molecule has 0 fully saturated rings. The lowest BCUT2D eigenvalue weighted by Crippen LogP contribution is -2.26. The number of nitrogens with two attached hydrogens (primary N) is 1. The summed E-state index contributed by atoms with van der Waals surface area (Å²) in [6, 6.07) is 3.99. The highest BCUT2D eigenvalue weighted by atomic mass is 16.1. The molecular formula is C14H25N3O. The molecule has 0 aliphatic carbocycles. The van der Waals surface area contributed by atoms with Gasteiger partial charge in [-0.15, -0.1) is 0 Å². The third-order valence-electron chi connectivity index (χ3n) is 3.37. The van der Waals surface area contributed by atoms with Gasteiger partial charge < -0.3 is 15.6 Å². The Morgan fingerprint density at radius 3 is 2.72 bits per heavy atom. The highest BCUT2D eigenvalue weighted by Crippen LogP contribution is 2.25. The summed E-state index contributed by atoms with van der Waals surface area (Å²) in [6.45, 7) is 5.59. The number of hydrogen-bond donors (Lipinski definition) is 2. The van der Waals surface area contributed by atoms with Crippen molar-refractivity contribution in [3.05, 3.63) is 24.0 Å². The van der Waals surface area contributed by atoms with Crippen LogP contribution in [0.25, 0.3) is 0 Å². The Labute approximate surface area is 110 Å². The van der Waals surface area contributed by atoms with Crippen LogP contribution in [0, 0.1) is 5.41 Å². The van der Waals surface area contributed by atoms with Gasteiger partial charge in [0.25, 0.3) is 0 Å². The van der Waals surface area contributed by atoms with Crippen LogP contribution >= 0.6 is 0 Å². The van der Waals surface area contributed by atoms with Crippen LogP contribution in [0.5, 0.6) is 0 Å². The minimum absolute atomic E-state index is 0.112. The number of aromatic nitrogens is 1. The van der Waals surface area contributed by atoms with E-state index in [-0.39, 0.29) is 11.3 Å². The molecule has 0 aromatic carbocycles. The second kappa shape index (κ2) is 6.59. The van der Waals surface area contributed by atoms with Crippen molar-refractivity contribution in [2.24, 2.45) is 18.2 Å². The summed E-state index contributed by atoms with van der Waals surface area (Å²) in [6.07, 6.45) is 4.38. The van der Waals surface area contributed by atoms with Crippen molar-refractivity contribution in [3.63, 3.8) is 0 Å². The molecular weight excluding hydrogens is 226 g/mol. The minimum Gasteiger partial charge on any atom is -0.353 e. The second-order valence-corrected chi connectivity index (χ2v) is 5.59. The fourth-order valence-electron chi connectivity index (χ4n) is 1.93. The molecule has 3 N–H and O–H groups in total. The number of aryl methyl sites for hydroxylation is 1. The topological polar surface area (TPSA) is 60.0 Å². The monoisotopic (exact) mass is 251 g/mol. The minimum atomic E-state index is 0.112. The van der Waals surface area contributed by atoms with E-state index < -0.39 is 0 Å². The molecule has 4 heteroatoms. The average Bonchev–Trinajstić information content (AvgIpc) is 2.70. The van der Waals surface area contributed by atoms with Crippen LogP contribution in [-0.2, 0) is 18.4 Å². The van der Waals surface area contributed by atoms with Crippen LogP contribution in [0.3, 0.4) is 0 Å². The molecule has 102 valence electrons. The number of rotatable bonds is 7. The van der Waals surface area contributed by atoms with Crippen LogP contribution in [-0.4, -0.2) is 17.0 Å². The fraction of sp³-hybridized carbons (Fsp3) is 0.643. The standard InChI is InChI=1S/C14H25N3O/c1-14(2,8-9-15)7-6-13(18)16-11-12-5-4-10-17(12)3/h4-5,10H,6-9,11,15H2,1-3H3,(H,16,18). The number of amides is 1. The third kappa shape index (κ3) is 4.92. The molecule has 1 heterocycles. The van der Waals surface area contributed by atoms with Gasteiger partial charge in [0.1, 0.15) is 0 Å². The van der Waals surface area contributed by atoms with Gasteiger partial charge in [0.2, 0.25) is 5.91 Å². The van der Waals surface area contributed by atoms with Crippen molar-refractivity contribution in [3.8, 4) is 0 Å². The zero-order valence-corrected chi connectivity index (χ0v) is 11.7. The zero-order chi connectivity index (χ0) is 13.6. The predicted molar refractivity (Wildman–Crippen MR) is 73.9 cm³/mol. The SMILES string of the molecule is Cn1cccc1CNC(=O)CCC(C)(C)CCN. The second-order valence-electron chi connectivity index (χ2n) is 5.59. The Balaban J connectivity index is 2.28.